The molecule has 0 saturated carbocycles. The van der Waals surface area contributed by atoms with Crippen LogP contribution < -0.4 is 5.32 Å². The molecule has 2 unspecified atom stereocenters. The molecular weight excluding hydrogens is 248 g/mol. The van der Waals surface area contributed by atoms with Crippen LogP contribution in [0.4, 0.5) is 0 Å². The number of carbonyl (C=O) groups is 1. The minimum absolute atomic E-state index is 0.168. The Balaban J connectivity index is 1.66. The molecule has 0 radical (unpaired) electrons. The molecule has 2 aliphatic heterocycles. The summed E-state index contributed by atoms with van der Waals surface area (Å²) in [5.41, 5.74) is 2.66. The number of benzene rings is 1. The Labute approximate surface area is 120 Å². The van der Waals surface area contributed by atoms with Crippen molar-refractivity contribution in [3.05, 3.63) is 42.0 Å². The predicted molar refractivity (Wildman–Crippen MR) is 81.2 cm³/mol. The zero-order valence-corrected chi connectivity index (χ0v) is 12.0. The second-order valence-electron chi connectivity index (χ2n) is 5.77. The number of nitrogens with one attached hydrogen (secondary N) is 1. The maximum absolute atomic E-state index is 12.5. The highest BCUT2D eigenvalue weighted by molar-refractivity contribution is 5.81. The molecule has 3 heteroatoms. The van der Waals surface area contributed by atoms with Crippen LogP contribution in [0.5, 0.6) is 0 Å². The van der Waals surface area contributed by atoms with Gasteiger partial charge in [-0.3, -0.25) is 4.79 Å². The molecule has 3 nitrogen and oxygen atoms in total. The molecule has 0 aromatic heterocycles. The third kappa shape index (κ3) is 2.63. The highest BCUT2D eigenvalue weighted by Crippen LogP contribution is 2.25. The monoisotopic (exact) mass is 270 g/mol. The second-order valence-corrected chi connectivity index (χ2v) is 5.77. The third-order valence-corrected chi connectivity index (χ3v) is 4.51. The standard InChI is InChI=1S/C17H22N2O/c1-13-16(7-10-18-13)17(20)19-11-8-15(9-12-19)14-5-3-2-4-6-14/h2-6,8,13,16,18H,7,9-12H2,1H3. The van der Waals surface area contributed by atoms with Crippen LogP contribution in [0.25, 0.3) is 5.57 Å². The maximum Gasteiger partial charge on any atom is 0.227 e. The van der Waals surface area contributed by atoms with Gasteiger partial charge in [0.2, 0.25) is 5.91 Å². The van der Waals surface area contributed by atoms with Crippen molar-refractivity contribution < 1.29 is 4.79 Å². The summed E-state index contributed by atoms with van der Waals surface area (Å²) in [5.74, 6) is 0.493. The lowest BCUT2D eigenvalue weighted by Crippen LogP contribution is -2.42. The summed E-state index contributed by atoms with van der Waals surface area (Å²) in [5, 5.41) is 3.36. The molecule has 0 bridgehead atoms. The molecule has 1 fully saturated rings. The number of hydrogen-bond donors (Lipinski definition) is 1. The molecular formula is C17H22N2O. The van der Waals surface area contributed by atoms with E-state index in [0.717, 1.165) is 32.5 Å². The first-order valence-electron chi connectivity index (χ1n) is 7.52. The van der Waals surface area contributed by atoms with Gasteiger partial charge in [0.05, 0.1) is 5.92 Å². The van der Waals surface area contributed by atoms with Gasteiger partial charge in [-0.1, -0.05) is 36.4 Å². The van der Waals surface area contributed by atoms with Gasteiger partial charge in [0.15, 0.2) is 0 Å². The van der Waals surface area contributed by atoms with Crippen LogP contribution in [0.15, 0.2) is 36.4 Å². The van der Waals surface area contributed by atoms with Crippen LogP contribution in [0.1, 0.15) is 25.3 Å². The maximum atomic E-state index is 12.5. The average molecular weight is 270 g/mol. The van der Waals surface area contributed by atoms with E-state index >= 15 is 0 Å². The van der Waals surface area contributed by atoms with E-state index < -0.39 is 0 Å². The van der Waals surface area contributed by atoms with E-state index in [4.69, 9.17) is 0 Å². The van der Waals surface area contributed by atoms with Crippen molar-refractivity contribution >= 4 is 11.5 Å². The van der Waals surface area contributed by atoms with Crippen molar-refractivity contribution in [1.29, 1.82) is 0 Å². The van der Waals surface area contributed by atoms with Crippen LogP contribution in [0.2, 0.25) is 0 Å². The Hall–Kier alpha value is -1.61. The molecule has 3 rings (SSSR count). The first-order valence-corrected chi connectivity index (χ1v) is 7.52. The highest BCUT2D eigenvalue weighted by atomic mass is 16.2. The van der Waals surface area contributed by atoms with Gasteiger partial charge in [-0.25, -0.2) is 0 Å². The van der Waals surface area contributed by atoms with E-state index in [1.165, 1.54) is 11.1 Å². The van der Waals surface area contributed by atoms with Crippen molar-refractivity contribution in [1.82, 2.24) is 10.2 Å². The molecule has 2 aliphatic rings. The third-order valence-electron chi connectivity index (χ3n) is 4.51. The SMILES string of the molecule is CC1NCCC1C(=O)N1CC=C(c2ccccc2)CC1. The van der Waals surface area contributed by atoms with E-state index in [1.54, 1.807) is 0 Å². The number of amides is 1. The van der Waals surface area contributed by atoms with Crippen molar-refractivity contribution in [3.8, 4) is 0 Å². The van der Waals surface area contributed by atoms with Crippen LogP contribution >= 0.6 is 0 Å². The molecule has 2 atom stereocenters. The second kappa shape index (κ2) is 5.80. The minimum Gasteiger partial charge on any atom is -0.338 e. The van der Waals surface area contributed by atoms with E-state index in [1.807, 2.05) is 11.0 Å². The number of carbonyl (C=O) groups excluding carboxylic acids is 1. The topological polar surface area (TPSA) is 32.3 Å². The van der Waals surface area contributed by atoms with E-state index in [-0.39, 0.29) is 5.92 Å². The summed E-state index contributed by atoms with van der Waals surface area (Å²) in [6, 6.07) is 10.8. The zero-order valence-electron chi connectivity index (χ0n) is 12.0. The average Bonchev–Trinajstić information content (AvgIpc) is 2.94. The predicted octanol–water partition coefficient (Wildman–Crippen LogP) is 2.30. The smallest absolute Gasteiger partial charge is 0.227 e. The van der Waals surface area contributed by atoms with Crippen LogP contribution in [-0.2, 0) is 4.79 Å². The summed E-state index contributed by atoms with van der Waals surface area (Å²) in [4.78, 5) is 14.5. The Morgan fingerprint density at radius 1 is 1.30 bits per heavy atom. The lowest BCUT2D eigenvalue weighted by molar-refractivity contribution is -0.135. The fraction of sp³-hybridized carbons (Fsp3) is 0.471. The Kier molecular flexibility index (Phi) is 3.88. The van der Waals surface area contributed by atoms with Gasteiger partial charge in [0.25, 0.3) is 0 Å². The van der Waals surface area contributed by atoms with Crippen molar-refractivity contribution in [2.45, 2.75) is 25.8 Å². The lowest BCUT2D eigenvalue weighted by atomic mass is 9.96. The molecule has 1 amide bonds. The Morgan fingerprint density at radius 3 is 2.70 bits per heavy atom. The van der Waals surface area contributed by atoms with Gasteiger partial charge in [-0.15, -0.1) is 0 Å². The van der Waals surface area contributed by atoms with Gasteiger partial charge in [0, 0.05) is 19.1 Å². The van der Waals surface area contributed by atoms with Crippen molar-refractivity contribution in [3.63, 3.8) is 0 Å². The van der Waals surface area contributed by atoms with Crippen LogP contribution in [-0.4, -0.2) is 36.5 Å². The van der Waals surface area contributed by atoms with Gasteiger partial charge in [0.1, 0.15) is 0 Å². The van der Waals surface area contributed by atoms with E-state index in [0.29, 0.717) is 11.9 Å². The quantitative estimate of drug-likeness (QED) is 0.894. The van der Waals surface area contributed by atoms with Crippen molar-refractivity contribution in [2.75, 3.05) is 19.6 Å². The minimum atomic E-state index is 0.168. The summed E-state index contributed by atoms with van der Waals surface area (Å²) in [6.07, 6.45) is 4.15. The molecule has 20 heavy (non-hydrogen) atoms. The number of rotatable bonds is 2. The number of nitrogens with zero attached hydrogens (tertiary/aromatic N) is 1. The molecule has 1 aromatic rings. The summed E-state index contributed by atoms with van der Waals surface area (Å²) in [6.45, 7) is 4.69. The molecule has 106 valence electrons. The summed E-state index contributed by atoms with van der Waals surface area (Å²) >= 11 is 0. The van der Waals surface area contributed by atoms with Crippen LogP contribution in [0.3, 0.4) is 0 Å². The fourth-order valence-electron chi connectivity index (χ4n) is 3.21. The Morgan fingerprint density at radius 2 is 2.10 bits per heavy atom. The first-order chi connectivity index (χ1) is 9.75. The van der Waals surface area contributed by atoms with Gasteiger partial charge < -0.3 is 10.2 Å². The lowest BCUT2D eigenvalue weighted by Gasteiger charge is -2.30. The normalized spacial score (nSPS) is 26.4. The molecule has 0 aliphatic carbocycles. The molecule has 1 aromatic carbocycles. The zero-order chi connectivity index (χ0) is 13.9. The molecule has 0 spiro atoms. The van der Waals surface area contributed by atoms with Gasteiger partial charge in [-0.05, 0) is 37.4 Å². The summed E-state index contributed by atoms with van der Waals surface area (Å²) in [7, 11) is 0. The molecule has 2 heterocycles. The molecule has 1 N–H and O–H groups in total. The van der Waals surface area contributed by atoms with E-state index in [2.05, 4.69) is 42.6 Å². The fourth-order valence-corrected chi connectivity index (χ4v) is 3.21. The Bertz CT molecular complexity index is 509. The van der Waals surface area contributed by atoms with Gasteiger partial charge in [-0.2, -0.15) is 0 Å². The van der Waals surface area contributed by atoms with Gasteiger partial charge >= 0.3 is 0 Å². The van der Waals surface area contributed by atoms with E-state index in [9.17, 15) is 4.79 Å². The highest BCUT2D eigenvalue weighted by Gasteiger charge is 2.32. The number of hydrogen-bond acceptors (Lipinski definition) is 2. The largest absolute Gasteiger partial charge is 0.338 e. The van der Waals surface area contributed by atoms with Crippen LogP contribution in [0, 0.1) is 5.92 Å². The molecule has 1 saturated heterocycles. The summed E-state index contributed by atoms with van der Waals surface area (Å²) < 4.78 is 0. The van der Waals surface area contributed by atoms with Crippen molar-refractivity contribution in [2.24, 2.45) is 5.92 Å². The first kappa shape index (κ1) is 13.4.